The summed E-state index contributed by atoms with van der Waals surface area (Å²) in [4.78, 5) is 11.3. The lowest BCUT2D eigenvalue weighted by atomic mass is 9.98. The number of benzene rings is 1. The molecule has 100 valence electrons. The number of likely N-dealkylation sites (N-methyl/N-ethyl adjacent to an activating group) is 1. The maximum atomic E-state index is 11.3. The van der Waals surface area contributed by atoms with E-state index >= 15 is 0 Å². The maximum absolute atomic E-state index is 11.3. The second-order valence-corrected chi connectivity index (χ2v) is 4.55. The van der Waals surface area contributed by atoms with E-state index < -0.39 is 5.54 Å². The van der Waals surface area contributed by atoms with Gasteiger partial charge in [-0.1, -0.05) is 19.1 Å². The zero-order chi connectivity index (χ0) is 13.6. The van der Waals surface area contributed by atoms with Gasteiger partial charge in [-0.25, -0.2) is 0 Å². The molecule has 1 aromatic rings. The zero-order valence-corrected chi connectivity index (χ0v) is 11.3. The fourth-order valence-electron chi connectivity index (χ4n) is 1.60. The standard InChI is InChI=1S/C14H22N2O2/c1-4-11-6-5-7-12(10-11)18-9-8-14(2,16-3)13(15)17/h5-7,10,16H,4,8-9H2,1-3H3,(H2,15,17). The molecular formula is C14H22N2O2. The van der Waals surface area contributed by atoms with Crippen LogP contribution in [-0.4, -0.2) is 25.1 Å². The molecule has 0 saturated heterocycles. The molecule has 3 N–H and O–H groups in total. The third-order valence-electron chi connectivity index (χ3n) is 3.27. The van der Waals surface area contributed by atoms with Crippen LogP contribution >= 0.6 is 0 Å². The van der Waals surface area contributed by atoms with Crippen LogP contribution in [0.5, 0.6) is 5.75 Å². The van der Waals surface area contributed by atoms with Crippen molar-refractivity contribution in [2.24, 2.45) is 5.73 Å². The molecule has 4 heteroatoms. The molecule has 1 unspecified atom stereocenters. The molecule has 0 saturated carbocycles. The number of aryl methyl sites for hydroxylation is 1. The van der Waals surface area contributed by atoms with E-state index in [1.165, 1.54) is 5.56 Å². The Labute approximate surface area is 109 Å². The summed E-state index contributed by atoms with van der Waals surface area (Å²) in [5, 5.41) is 2.93. The zero-order valence-electron chi connectivity index (χ0n) is 11.3. The molecule has 0 aliphatic rings. The second kappa shape index (κ2) is 6.40. The van der Waals surface area contributed by atoms with Crippen LogP contribution < -0.4 is 15.8 Å². The smallest absolute Gasteiger partial charge is 0.237 e. The van der Waals surface area contributed by atoms with Crippen LogP contribution in [0, 0.1) is 0 Å². The van der Waals surface area contributed by atoms with Gasteiger partial charge in [-0.15, -0.1) is 0 Å². The van der Waals surface area contributed by atoms with Gasteiger partial charge in [-0.2, -0.15) is 0 Å². The first-order valence-corrected chi connectivity index (χ1v) is 6.22. The van der Waals surface area contributed by atoms with Gasteiger partial charge in [0.15, 0.2) is 0 Å². The van der Waals surface area contributed by atoms with Crippen molar-refractivity contribution >= 4 is 5.91 Å². The van der Waals surface area contributed by atoms with E-state index in [0.29, 0.717) is 13.0 Å². The number of carbonyl (C=O) groups is 1. The number of nitrogens with one attached hydrogen (secondary N) is 1. The number of nitrogens with two attached hydrogens (primary N) is 1. The third-order valence-corrected chi connectivity index (χ3v) is 3.27. The van der Waals surface area contributed by atoms with Crippen molar-refractivity contribution in [2.75, 3.05) is 13.7 Å². The van der Waals surface area contributed by atoms with Crippen LogP contribution in [0.15, 0.2) is 24.3 Å². The first-order chi connectivity index (χ1) is 8.51. The number of primary amides is 1. The predicted molar refractivity (Wildman–Crippen MR) is 72.6 cm³/mol. The Morgan fingerprint density at radius 3 is 2.78 bits per heavy atom. The summed E-state index contributed by atoms with van der Waals surface area (Å²) in [5.41, 5.74) is 5.86. The highest BCUT2D eigenvalue weighted by Gasteiger charge is 2.28. The lowest BCUT2D eigenvalue weighted by Gasteiger charge is -2.25. The Hall–Kier alpha value is -1.55. The van der Waals surface area contributed by atoms with Crippen molar-refractivity contribution in [1.29, 1.82) is 0 Å². The SMILES string of the molecule is CCc1cccc(OCCC(C)(NC)C(N)=O)c1. The van der Waals surface area contributed by atoms with Crippen molar-refractivity contribution < 1.29 is 9.53 Å². The molecule has 1 amide bonds. The lowest BCUT2D eigenvalue weighted by molar-refractivity contribution is -0.124. The minimum absolute atomic E-state index is 0.365. The number of ether oxygens (including phenoxy) is 1. The van der Waals surface area contributed by atoms with E-state index in [4.69, 9.17) is 10.5 Å². The maximum Gasteiger partial charge on any atom is 0.237 e. The lowest BCUT2D eigenvalue weighted by Crippen LogP contribution is -2.52. The van der Waals surface area contributed by atoms with E-state index in [1.807, 2.05) is 18.2 Å². The molecule has 0 aliphatic heterocycles. The summed E-state index contributed by atoms with van der Waals surface area (Å²) in [5.74, 6) is 0.466. The van der Waals surface area contributed by atoms with Crippen molar-refractivity contribution in [3.8, 4) is 5.75 Å². The molecule has 1 aromatic carbocycles. The van der Waals surface area contributed by atoms with Crippen LogP contribution in [0.2, 0.25) is 0 Å². The summed E-state index contributed by atoms with van der Waals surface area (Å²) in [6.07, 6.45) is 1.52. The molecular weight excluding hydrogens is 228 g/mol. The minimum Gasteiger partial charge on any atom is -0.494 e. The second-order valence-electron chi connectivity index (χ2n) is 4.55. The van der Waals surface area contributed by atoms with Crippen molar-refractivity contribution in [3.05, 3.63) is 29.8 Å². The topological polar surface area (TPSA) is 64.3 Å². The van der Waals surface area contributed by atoms with Gasteiger partial charge in [0, 0.05) is 6.42 Å². The highest BCUT2D eigenvalue weighted by atomic mass is 16.5. The molecule has 4 nitrogen and oxygen atoms in total. The number of rotatable bonds is 7. The van der Waals surface area contributed by atoms with Crippen molar-refractivity contribution in [2.45, 2.75) is 32.2 Å². The highest BCUT2D eigenvalue weighted by Crippen LogP contribution is 2.15. The quantitative estimate of drug-likeness (QED) is 0.770. The van der Waals surface area contributed by atoms with Crippen LogP contribution in [0.1, 0.15) is 25.8 Å². The van der Waals surface area contributed by atoms with Gasteiger partial charge in [-0.3, -0.25) is 4.79 Å². The molecule has 0 spiro atoms. The number of hydrogen-bond acceptors (Lipinski definition) is 3. The van der Waals surface area contributed by atoms with E-state index in [1.54, 1.807) is 14.0 Å². The summed E-state index contributed by atoms with van der Waals surface area (Å²) in [6, 6.07) is 7.97. The first kappa shape index (κ1) is 14.5. The van der Waals surface area contributed by atoms with E-state index in [0.717, 1.165) is 12.2 Å². The first-order valence-electron chi connectivity index (χ1n) is 6.22. The predicted octanol–water partition coefficient (Wildman–Crippen LogP) is 1.48. The fourth-order valence-corrected chi connectivity index (χ4v) is 1.60. The van der Waals surface area contributed by atoms with E-state index in [-0.39, 0.29) is 5.91 Å². The average molecular weight is 250 g/mol. The fraction of sp³-hybridized carbons (Fsp3) is 0.500. The van der Waals surface area contributed by atoms with Gasteiger partial charge >= 0.3 is 0 Å². The highest BCUT2D eigenvalue weighted by molar-refractivity contribution is 5.84. The molecule has 1 rings (SSSR count). The Bertz CT molecular complexity index is 407. The Morgan fingerprint density at radius 1 is 1.50 bits per heavy atom. The van der Waals surface area contributed by atoms with Crippen LogP contribution in [0.25, 0.3) is 0 Å². The summed E-state index contributed by atoms with van der Waals surface area (Å²) in [7, 11) is 1.72. The number of hydrogen-bond donors (Lipinski definition) is 2. The molecule has 0 radical (unpaired) electrons. The molecule has 1 atom stereocenters. The van der Waals surface area contributed by atoms with E-state index in [9.17, 15) is 4.79 Å². The number of amides is 1. The number of carbonyl (C=O) groups excluding carboxylic acids is 1. The minimum atomic E-state index is -0.720. The molecule has 0 aromatic heterocycles. The Kier molecular flexibility index (Phi) is 5.16. The van der Waals surface area contributed by atoms with Crippen LogP contribution in [0.4, 0.5) is 0 Å². The van der Waals surface area contributed by atoms with Crippen LogP contribution in [0.3, 0.4) is 0 Å². The average Bonchev–Trinajstić information content (AvgIpc) is 2.38. The van der Waals surface area contributed by atoms with Crippen LogP contribution in [-0.2, 0) is 11.2 Å². The van der Waals surface area contributed by atoms with Crippen molar-refractivity contribution in [3.63, 3.8) is 0 Å². The molecule has 0 bridgehead atoms. The van der Waals surface area contributed by atoms with Gasteiger partial charge in [-0.05, 0) is 38.1 Å². The molecule has 0 heterocycles. The molecule has 0 fully saturated rings. The van der Waals surface area contributed by atoms with Gasteiger partial charge in [0.2, 0.25) is 5.91 Å². The summed E-state index contributed by atoms with van der Waals surface area (Å²) in [6.45, 7) is 4.33. The normalized spacial score (nSPS) is 13.9. The summed E-state index contributed by atoms with van der Waals surface area (Å²) >= 11 is 0. The van der Waals surface area contributed by atoms with Gasteiger partial charge in [0.05, 0.1) is 12.1 Å². The monoisotopic (exact) mass is 250 g/mol. The molecule has 18 heavy (non-hydrogen) atoms. The molecule has 0 aliphatic carbocycles. The van der Waals surface area contributed by atoms with Gasteiger partial charge in [0.1, 0.15) is 5.75 Å². The Morgan fingerprint density at radius 2 is 2.22 bits per heavy atom. The largest absolute Gasteiger partial charge is 0.494 e. The third kappa shape index (κ3) is 3.74. The van der Waals surface area contributed by atoms with Gasteiger partial charge in [0.25, 0.3) is 0 Å². The summed E-state index contributed by atoms with van der Waals surface area (Å²) < 4.78 is 5.65. The Balaban J connectivity index is 2.53. The van der Waals surface area contributed by atoms with Gasteiger partial charge < -0.3 is 15.8 Å². The van der Waals surface area contributed by atoms with Crippen molar-refractivity contribution in [1.82, 2.24) is 5.32 Å². The van der Waals surface area contributed by atoms with E-state index in [2.05, 4.69) is 18.3 Å².